The van der Waals surface area contributed by atoms with E-state index >= 15 is 0 Å². The summed E-state index contributed by atoms with van der Waals surface area (Å²) < 4.78 is 8.70. The van der Waals surface area contributed by atoms with Gasteiger partial charge in [-0.05, 0) is 0 Å². The summed E-state index contributed by atoms with van der Waals surface area (Å²) in [4.78, 5) is 10.4. The van der Waals surface area contributed by atoms with Crippen LogP contribution in [0.15, 0.2) is 12.2 Å². The lowest BCUT2D eigenvalue weighted by Gasteiger charge is -1.92. The average molecular weight is 143 g/mol. The molecule has 10 heavy (non-hydrogen) atoms. The Morgan fingerprint density at radius 1 is 1.30 bits per heavy atom. The summed E-state index contributed by atoms with van der Waals surface area (Å²) in [5, 5.41) is 6.89. The predicted octanol–water partition coefficient (Wildman–Crippen LogP) is 0.339. The second-order valence-corrected chi connectivity index (χ2v) is 1.42. The van der Waals surface area contributed by atoms with Crippen LogP contribution >= 0.6 is 0 Å². The zero-order valence-electron chi connectivity index (χ0n) is 5.88. The average Bonchev–Trinajstić information content (AvgIpc) is 1.99. The molecule has 0 radical (unpaired) electrons. The molecule has 1 N–H and O–H groups in total. The third kappa shape index (κ3) is 3.65. The molecule has 0 unspecified atom stereocenters. The zero-order chi connectivity index (χ0) is 7.98. The first kappa shape index (κ1) is 8.68. The van der Waals surface area contributed by atoms with Gasteiger partial charge in [-0.15, -0.1) is 0 Å². The van der Waals surface area contributed by atoms with Crippen molar-refractivity contribution in [1.82, 2.24) is 0 Å². The van der Waals surface area contributed by atoms with Gasteiger partial charge < -0.3 is 9.47 Å². The van der Waals surface area contributed by atoms with E-state index in [9.17, 15) is 4.79 Å². The fourth-order valence-corrected chi connectivity index (χ4v) is 0.280. The molecule has 4 nitrogen and oxygen atoms in total. The molecule has 0 bridgehead atoms. The molecule has 0 aromatic carbocycles. The predicted molar refractivity (Wildman–Crippen MR) is 35.9 cm³/mol. The Labute approximate surface area is 58.9 Å². The van der Waals surface area contributed by atoms with Crippen molar-refractivity contribution in [3.8, 4) is 0 Å². The van der Waals surface area contributed by atoms with Crippen LogP contribution in [-0.2, 0) is 14.3 Å². The molecule has 0 spiro atoms. The van der Waals surface area contributed by atoms with E-state index < -0.39 is 5.97 Å². The van der Waals surface area contributed by atoms with Crippen LogP contribution in [0.2, 0.25) is 0 Å². The highest BCUT2D eigenvalue weighted by molar-refractivity contribution is 5.92. The summed E-state index contributed by atoms with van der Waals surface area (Å²) in [6.07, 6.45) is 2.33. The van der Waals surface area contributed by atoms with Crippen molar-refractivity contribution in [3.63, 3.8) is 0 Å². The number of ether oxygens (including phenoxy) is 2. The van der Waals surface area contributed by atoms with Crippen LogP contribution < -0.4 is 0 Å². The number of nitrogens with one attached hydrogen (secondary N) is 1. The maximum atomic E-state index is 10.4. The number of rotatable bonds is 2. The molecule has 0 rings (SSSR count). The van der Waals surface area contributed by atoms with Crippen LogP contribution in [0.3, 0.4) is 0 Å². The highest BCUT2D eigenvalue weighted by Gasteiger charge is 1.91. The summed E-state index contributed by atoms with van der Waals surface area (Å²) in [5.41, 5.74) is 0. The second-order valence-electron chi connectivity index (χ2n) is 1.42. The van der Waals surface area contributed by atoms with Crippen molar-refractivity contribution in [2.75, 3.05) is 14.2 Å². The molecule has 0 aliphatic carbocycles. The Morgan fingerprint density at radius 3 is 2.30 bits per heavy atom. The summed E-state index contributed by atoms with van der Waals surface area (Å²) in [5.74, 6) is -0.577. The molecule has 56 valence electrons. The molecule has 0 amide bonds. The standard InChI is InChI=1S/C6H9NO3/c1-9-5(7)3-4-6(8)10-2/h3-4,7H,1-2H3/b4-3-,7-5?. The summed E-state index contributed by atoms with van der Waals surface area (Å²) in [6, 6.07) is 0. The van der Waals surface area contributed by atoms with Gasteiger partial charge in [0.05, 0.1) is 14.2 Å². The van der Waals surface area contributed by atoms with E-state index in [1.807, 2.05) is 0 Å². The van der Waals surface area contributed by atoms with Crippen LogP contribution in [0.4, 0.5) is 0 Å². The van der Waals surface area contributed by atoms with Gasteiger partial charge in [0.2, 0.25) is 5.90 Å². The van der Waals surface area contributed by atoms with Gasteiger partial charge in [-0.1, -0.05) is 0 Å². The molecular weight excluding hydrogens is 134 g/mol. The Hall–Kier alpha value is -1.32. The highest BCUT2D eigenvalue weighted by atomic mass is 16.5. The SMILES string of the molecule is COC(=N)/C=C\C(=O)OC. The minimum Gasteiger partial charge on any atom is -0.481 e. The number of hydrogen-bond acceptors (Lipinski definition) is 4. The van der Waals surface area contributed by atoms with Gasteiger partial charge in [0.15, 0.2) is 0 Å². The summed E-state index contributed by atoms with van der Waals surface area (Å²) >= 11 is 0. The third-order valence-corrected chi connectivity index (χ3v) is 0.792. The molecule has 0 heterocycles. The normalized spacial score (nSPS) is 9.40. The monoisotopic (exact) mass is 143 g/mol. The number of esters is 1. The highest BCUT2D eigenvalue weighted by Crippen LogP contribution is 1.80. The number of carbonyl (C=O) groups excluding carboxylic acids is 1. The first-order valence-corrected chi connectivity index (χ1v) is 2.59. The number of carbonyl (C=O) groups is 1. The fraction of sp³-hybridized carbons (Fsp3) is 0.333. The van der Waals surface area contributed by atoms with Crippen molar-refractivity contribution in [2.45, 2.75) is 0 Å². The van der Waals surface area contributed by atoms with E-state index in [0.717, 1.165) is 6.08 Å². The Kier molecular flexibility index (Phi) is 3.95. The maximum absolute atomic E-state index is 10.4. The molecule has 0 saturated carbocycles. The van der Waals surface area contributed by atoms with Crippen LogP contribution in [0.5, 0.6) is 0 Å². The van der Waals surface area contributed by atoms with Crippen molar-refractivity contribution in [2.24, 2.45) is 0 Å². The van der Waals surface area contributed by atoms with Gasteiger partial charge in [0.1, 0.15) is 0 Å². The zero-order valence-corrected chi connectivity index (χ0v) is 5.88. The molecular formula is C6H9NO3. The van der Waals surface area contributed by atoms with Crippen LogP contribution in [0.1, 0.15) is 0 Å². The molecule has 0 aliphatic heterocycles. The largest absolute Gasteiger partial charge is 0.481 e. The lowest BCUT2D eigenvalue weighted by Crippen LogP contribution is -1.98. The topological polar surface area (TPSA) is 59.4 Å². The summed E-state index contributed by atoms with van der Waals surface area (Å²) in [6.45, 7) is 0. The molecule has 0 fully saturated rings. The molecule has 0 aromatic heterocycles. The van der Waals surface area contributed by atoms with Gasteiger partial charge in [0, 0.05) is 12.2 Å². The van der Waals surface area contributed by atoms with E-state index in [1.165, 1.54) is 20.3 Å². The van der Waals surface area contributed by atoms with E-state index in [0.29, 0.717) is 0 Å². The van der Waals surface area contributed by atoms with Crippen molar-refractivity contribution in [3.05, 3.63) is 12.2 Å². The van der Waals surface area contributed by atoms with Crippen molar-refractivity contribution >= 4 is 11.9 Å². The third-order valence-electron chi connectivity index (χ3n) is 0.792. The van der Waals surface area contributed by atoms with Crippen molar-refractivity contribution < 1.29 is 14.3 Å². The Morgan fingerprint density at radius 2 is 1.90 bits per heavy atom. The summed E-state index contributed by atoms with van der Waals surface area (Å²) in [7, 11) is 2.62. The van der Waals surface area contributed by atoms with Crippen LogP contribution in [0, 0.1) is 5.41 Å². The van der Waals surface area contributed by atoms with Crippen molar-refractivity contribution in [1.29, 1.82) is 5.41 Å². The molecule has 0 aliphatic rings. The molecule has 0 saturated heterocycles. The quantitative estimate of drug-likeness (QED) is 0.262. The van der Waals surface area contributed by atoms with E-state index in [-0.39, 0.29) is 5.90 Å². The Bertz CT molecular complexity index is 144. The first-order valence-electron chi connectivity index (χ1n) is 2.59. The van der Waals surface area contributed by atoms with E-state index in [4.69, 9.17) is 5.41 Å². The van der Waals surface area contributed by atoms with Gasteiger partial charge in [-0.25, -0.2) is 4.79 Å². The smallest absolute Gasteiger partial charge is 0.330 e. The first-order chi connectivity index (χ1) is 4.70. The molecule has 0 aromatic rings. The molecule has 4 heteroatoms. The Balaban J connectivity index is 3.75. The minimum absolute atomic E-state index is 0.0783. The minimum atomic E-state index is -0.498. The van der Waals surface area contributed by atoms with Gasteiger partial charge >= 0.3 is 5.97 Å². The van der Waals surface area contributed by atoms with Gasteiger partial charge in [-0.3, -0.25) is 5.41 Å². The molecule has 0 atom stereocenters. The lowest BCUT2D eigenvalue weighted by molar-refractivity contribution is -0.134. The number of hydrogen-bond donors (Lipinski definition) is 1. The second kappa shape index (κ2) is 4.55. The maximum Gasteiger partial charge on any atom is 0.330 e. The van der Waals surface area contributed by atoms with E-state index in [2.05, 4.69) is 9.47 Å². The van der Waals surface area contributed by atoms with Gasteiger partial charge in [0.25, 0.3) is 0 Å². The van der Waals surface area contributed by atoms with Crippen LogP contribution in [0.25, 0.3) is 0 Å². The van der Waals surface area contributed by atoms with Gasteiger partial charge in [-0.2, -0.15) is 0 Å². The van der Waals surface area contributed by atoms with Crippen LogP contribution in [-0.4, -0.2) is 26.1 Å². The fourth-order valence-electron chi connectivity index (χ4n) is 0.280. The lowest BCUT2D eigenvalue weighted by atomic mass is 10.5. The number of methoxy groups -OCH3 is 2. The van der Waals surface area contributed by atoms with E-state index in [1.54, 1.807) is 0 Å².